The Balaban J connectivity index is 1.86. The van der Waals surface area contributed by atoms with Gasteiger partial charge in [-0.2, -0.15) is 0 Å². The van der Waals surface area contributed by atoms with Gasteiger partial charge in [0, 0.05) is 18.4 Å². The van der Waals surface area contributed by atoms with Gasteiger partial charge in [0.2, 0.25) is 0 Å². The number of para-hydroxylation sites is 2. The van der Waals surface area contributed by atoms with Gasteiger partial charge < -0.3 is 24.0 Å². The molecular weight excluding hydrogens is 424 g/mol. The Morgan fingerprint density at radius 3 is 2.45 bits per heavy atom. The van der Waals surface area contributed by atoms with Gasteiger partial charge in [0.25, 0.3) is 5.91 Å². The minimum Gasteiger partial charge on any atom is -0.465 e. The van der Waals surface area contributed by atoms with Gasteiger partial charge in [-0.3, -0.25) is 4.79 Å². The van der Waals surface area contributed by atoms with Crippen LogP contribution in [0.2, 0.25) is 0 Å². The zero-order valence-corrected chi connectivity index (χ0v) is 18.4. The molecule has 2 aliphatic heterocycles. The second-order valence-corrected chi connectivity index (χ2v) is 7.12. The number of hydrogen-bond donors (Lipinski definition) is 0. The van der Waals surface area contributed by atoms with Gasteiger partial charge in [-0.25, -0.2) is 9.59 Å². The van der Waals surface area contributed by atoms with Crippen molar-refractivity contribution in [2.45, 2.75) is 6.92 Å². The number of rotatable bonds is 4. The topological polar surface area (TPSA) is 85.4 Å². The Hall–Kier alpha value is -4.33. The van der Waals surface area contributed by atoms with Crippen LogP contribution in [-0.4, -0.2) is 38.6 Å². The lowest BCUT2D eigenvalue weighted by Gasteiger charge is -2.24. The van der Waals surface area contributed by atoms with E-state index < -0.39 is 11.9 Å². The number of carbonyl (C=O) groups is 3. The summed E-state index contributed by atoms with van der Waals surface area (Å²) in [7, 11) is 2.46. The molecule has 0 unspecified atom stereocenters. The van der Waals surface area contributed by atoms with E-state index in [0.29, 0.717) is 35.0 Å². The number of allylic oxidation sites excluding steroid dienone is 2. The molecule has 0 spiro atoms. The van der Waals surface area contributed by atoms with E-state index in [-0.39, 0.29) is 17.2 Å². The minimum absolute atomic E-state index is 0.0226. The van der Waals surface area contributed by atoms with Crippen LogP contribution >= 0.6 is 0 Å². The highest BCUT2D eigenvalue weighted by molar-refractivity contribution is 6.11. The normalized spacial score (nSPS) is 14.7. The van der Waals surface area contributed by atoms with Crippen molar-refractivity contribution in [3.8, 4) is 11.5 Å². The van der Waals surface area contributed by atoms with E-state index >= 15 is 0 Å². The zero-order chi connectivity index (χ0) is 23.5. The number of carbonyl (C=O) groups excluding carboxylic acids is 3. The number of hydrogen-bond acceptors (Lipinski definition) is 7. The van der Waals surface area contributed by atoms with Crippen LogP contribution < -0.4 is 14.5 Å². The first-order valence-corrected chi connectivity index (χ1v) is 10.3. The molecule has 0 radical (unpaired) electrons. The van der Waals surface area contributed by atoms with Gasteiger partial charge in [0.05, 0.1) is 31.0 Å². The number of methoxy groups -OCH3 is 2. The summed E-state index contributed by atoms with van der Waals surface area (Å²) < 4.78 is 15.8. The molecule has 8 heteroatoms. The van der Waals surface area contributed by atoms with Crippen LogP contribution in [0, 0.1) is 0 Å². The van der Waals surface area contributed by atoms with Gasteiger partial charge in [0.15, 0.2) is 5.75 Å². The molecule has 1 amide bonds. The fourth-order valence-electron chi connectivity index (χ4n) is 3.74. The van der Waals surface area contributed by atoms with Crippen LogP contribution in [0.15, 0.2) is 78.2 Å². The molecule has 2 aliphatic rings. The van der Waals surface area contributed by atoms with E-state index in [4.69, 9.17) is 14.2 Å². The van der Waals surface area contributed by atoms with Gasteiger partial charge >= 0.3 is 11.9 Å². The monoisotopic (exact) mass is 446 g/mol. The average Bonchev–Trinajstić information content (AvgIpc) is 3.13. The Bertz CT molecular complexity index is 1230. The van der Waals surface area contributed by atoms with E-state index in [1.54, 1.807) is 47.5 Å². The quantitative estimate of drug-likeness (QED) is 0.658. The molecule has 0 atom stereocenters. The maximum absolute atomic E-state index is 13.4. The van der Waals surface area contributed by atoms with Crippen molar-refractivity contribution in [1.82, 2.24) is 0 Å². The molecule has 2 aromatic rings. The number of benzene rings is 2. The lowest BCUT2D eigenvalue weighted by molar-refractivity contribution is -0.139. The van der Waals surface area contributed by atoms with Crippen LogP contribution in [0.1, 0.15) is 17.3 Å². The molecule has 0 fully saturated rings. The number of fused-ring (bicyclic) bond motifs is 2. The molecule has 2 heterocycles. The highest BCUT2D eigenvalue weighted by atomic mass is 16.5. The number of amides is 1. The Morgan fingerprint density at radius 1 is 0.970 bits per heavy atom. The highest BCUT2D eigenvalue weighted by Gasteiger charge is 2.31. The summed E-state index contributed by atoms with van der Waals surface area (Å²) in [5.74, 6) is -0.705. The molecule has 0 bridgehead atoms. The van der Waals surface area contributed by atoms with E-state index in [1.807, 2.05) is 25.1 Å². The molecule has 0 N–H and O–H groups in total. The number of esters is 2. The molecule has 0 aromatic heterocycles. The van der Waals surface area contributed by atoms with E-state index in [0.717, 1.165) is 0 Å². The Labute approximate surface area is 190 Å². The molecule has 168 valence electrons. The second kappa shape index (κ2) is 9.04. The van der Waals surface area contributed by atoms with Crippen molar-refractivity contribution >= 4 is 29.2 Å². The molecular formula is C25H22N2O6. The van der Waals surface area contributed by atoms with Crippen LogP contribution in [0.25, 0.3) is 0 Å². The number of anilines is 2. The fourth-order valence-corrected chi connectivity index (χ4v) is 3.74. The lowest BCUT2D eigenvalue weighted by atomic mass is 10.1. The highest BCUT2D eigenvalue weighted by Crippen LogP contribution is 2.40. The van der Waals surface area contributed by atoms with Crippen LogP contribution in [-0.2, 0) is 19.1 Å². The van der Waals surface area contributed by atoms with Crippen LogP contribution in [0.4, 0.5) is 11.4 Å². The van der Waals surface area contributed by atoms with Gasteiger partial charge in [-0.05, 0) is 49.4 Å². The zero-order valence-electron chi connectivity index (χ0n) is 18.4. The standard InChI is InChI=1S/C25H22N2O6/c1-4-26-19-10-5-6-11-21(19)33-20-13-12-16(15-18(20)23(26)28)27-14-8-7-9-17(24(29)31-2)22(27)25(30)32-3/h5-15H,4H2,1-3H3. The SMILES string of the molecule is CCN1C(=O)c2cc(N3C=CC=CC(C(=O)OC)=C3C(=O)OC)ccc2Oc2ccccc21. The maximum atomic E-state index is 13.4. The van der Waals surface area contributed by atoms with Crippen molar-refractivity contribution < 1.29 is 28.6 Å². The van der Waals surface area contributed by atoms with Crippen LogP contribution in [0.5, 0.6) is 11.5 Å². The first-order valence-electron chi connectivity index (χ1n) is 10.3. The summed E-state index contributed by atoms with van der Waals surface area (Å²) in [5.41, 5.74) is 1.44. The summed E-state index contributed by atoms with van der Waals surface area (Å²) in [4.78, 5) is 41.6. The maximum Gasteiger partial charge on any atom is 0.355 e. The smallest absolute Gasteiger partial charge is 0.355 e. The van der Waals surface area contributed by atoms with Crippen molar-refractivity contribution in [3.05, 3.63) is 83.7 Å². The van der Waals surface area contributed by atoms with E-state index in [9.17, 15) is 14.4 Å². The summed E-state index contributed by atoms with van der Waals surface area (Å²) in [5, 5.41) is 0. The third kappa shape index (κ3) is 3.87. The summed E-state index contributed by atoms with van der Waals surface area (Å²) >= 11 is 0. The molecule has 2 aromatic carbocycles. The van der Waals surface area contributed by atoms with Crippen LogP contribution in [0.3, 0.4) is 0 Å². The third-order valence-corrected chi connectivity index (χ3v) is 5.30. The average molecular weight is 446 g/mol. The largest absolute Gasteiger partial charge is 0.465 e. The van der Waals surface area contributed by atoms with Crippen molar-refractivity contribution in [2.24, 2.45) is 0 Å². The lowest BCUT2D eigenvalue weighted by Crippen LogP contribution is -2.30. The first-order chi connectivity index (χ1) is 16.0. The first kappa shape index (κ1) is 21.9. The molecule has 8 nitrogen and oxygen atoms in total. The third-order valence-electron chi connectivity index (χ3n) is 5.30. The predicted molar refractivity (Wildman–Crippen MR) is 122 cm³/mol. The van der Waals surface area contributed by atoms with Gasteiger partial charge in [0.1, 0.15) is 11.4 Å². The molecule has 33 heavy (non-hydrogen) atoms. The molecule has 0 saturated carbocycles. The van der Waals surface area contributed by atoms with Crippen molar-refractivity contribution in [1.29, 1.82) is 0 Å². The minimum atomic E-state index is -0.730. The fraction of sp³-hybridized carbons (Fsp3) is 0.160. The van der Waals surface area contributed by atoms with Crippen molar-refractivity contribution in [3.63, 3.8) is 0 Å². The summed E-state index contributed by atoms with van der Waals surface area (Å²) in [6, 6.07) is 12.3. The van der Waals surface area contributed by atoms with E-state index in [2.05, 4.69) is 0 Å². The number of ether oxygens (including phenoxy) is 3. The molecule has 4 rings (SSSR count). The molecule has 0 saturated heterocycles. The second-order valence-electron chi connectivity index (χ2n) is 7.12. The summed E-state index contributed by atoms with van der Waals surface area (Å²) in [6.45, 7) is 2.32. The van der Waals surface area contributed by atoms with E-state index in [1.165, 1.54) is 25.2 Å². The van der Waals surface area contributed by atoms with Gasteiger partial charge in [-0.15, -0.1) is 0 Å². The number of nitrogens with zero attached hydrogens (tertiary/aromatic N) is 2. The Morgan fingerprint density at radius 2 is 1.73 bits per heavy atom. The van der Waals surface area contributed by atoms with Gasteiger partial charge in [-0.1, -0.05) is 18.2 Å². The molecule has 0 aliphatic carbocycles. The predicted octanol–water partition coefficient (Wildman–Crippen LogP) is 3.95. The van der Waals surface area contributed by atoms with Crippen molar-refractivity contribution in [2.75, 3.05) is 30.6 Å². The Kier molecular flexibility index (Phi) is 5.99. The summed E-state index contributed by atoms with van der Waals surface area (Å²) in [6.07, 6.45) is 6.36.